The number of amides is 1. The number of oxime groups is 1. The third-order valence-corrected chi connectivity index (χ3v) is 6.70. The second-order valence-electron chi connectivity index (χ2n) is 9.84. The summed E-state index contributed by atoms with van der Waals surface area (Å²) >= 11 is 0. The number of allylic oxidation sites excluding steroid dienone is 3. The minimum Gasteiger partial charge on any atom is -0.508 e. The maximum absolute atomic E-state index is 13.1. The van der Waals surface area contributed by atoms with Crippen molar-refractivity contribution in [2.24, 2.45) is 11.1 Å². The van der Waals surface area contributed by atoms with E-state index in [4.69, 9.17) is 9.57 Å². The van der Waals surface area contributed by atoms with Crippen molar-refractivity contribution in [1.29, 1.82) is 0 Å². The average molecular weight is 481 g/mol. The molecule has 1 N–H and O–H groups in total. The molecule has 1 amide bonds. The molecule has 7 heteroatoms. The Kier molecular flexibility index (Phi) is 8.61. The molecule has 1 aliphatic carbocycles. The lowest BCUT2D eigenvalue weighted by Crippen LogP contribution is -2.40. The average Bonchev–Trinajstić information content (AvgIpc) is 3.67. The molecule has 1 atom stereocenters. The van der Waals surface area contributed by atoms with Gasteiger partial charge in [0.15, 0.2) is 6.61 Å². The zero-order valence-corrected chi connectivity index (χ0v) is 20.6. The lowest BCUT2D eigenvalue weighted by molar-refractivity contribution is -0.137. The number of nitrogens with zero attached hydrogens (tertiary/aromatic N) is 2. The normalized spacial score (nSPS) is 24.7. The van der Waals surface area contributed by atoms with Crippen LogP contribution >= 0.6 is 0 Å². The number of carbonyl (C=O) groups is 2. The van der Waals surface area contributed by atoms with E-state index in [-0.39, 0.29) is 30.2 Å². The number of phenols is 1. The SMILES string of the molecule is CC1CCCN(C(=O)CO/N=C2/C=C/CC/C=C/CCOC(=O)c3c(cc(O)cc3C3CC3)C2)C1. The molecule has 3 aliphatic rings. The van der Waals surface area contributed by atoms with Gasteiger partial charge in [-0.05, 0) is 86.1 Å². The fraction of sp³-hybridized carbons (Fsp3) is 0.536. The Balaban J connectivity index is 1.56. The number of hydrogen-bond acceptors (Lipinski definition) is 6. The van der Waals surface area contributed by atoms with E-state index < -0.39 is 0 Å². The number of likely N-dealkylation sites (tertiary alicyclic amines) is 1. The van der Waals surface area contributed by atoms with Crippen molar-refractivity contribution in [2.75, 3.05) is 26.3 Å². The van der Waals surface area contributed by atoms with Gasteiger partial charge < -0.3 is 19.6 Å². The molecule has 35 heavy (non-hydrogen) atoms. The highest BCUT2D eigenvalue weighted by molar-refractivity contribution is 6.00. The van der Waals surface area contributed by atoms with Crippen molar-refractivity contribution in [3.05, 3.63) is 53.1 Å². The number of aromatic hydroxyl groups is 1. The number of rotatable bonds is 4. The zero-order valence-electron chi connectivity index (χ0n) is 20.6. The lowest BCUT2D eigenvalue weighted by atomic mass is 9.93. The molecular formula is C28H36N2O5. The van der Waals surface area contributed by atoms with Gasteiger partial charge in [0.05, 0.1) is 17.9 Å². The van der Waals surface area contributed by atoms with Crippen molar-refractivity contribution >= 4 is 17.6 Å². The Morgan fingerprint density at radius 1 is 1.17 bits per heavy atom. The molecular weight excluding hydrogens is 444 g/mol. The quantitative estimate of drug-likeness (QED) is 0.376. The zero-order chi connectivity index (χ0) is 24.6. The summed E-state index contributed by atoms with van der Waals surface area (Å²) in [6, 6.07) is 3.29. The summed E-state index contributed by atoms with van der Waals surface area (Å²) in [6.07, 6.45) is 14.8. The predicted octanol–water partition coefficient (Wildman–Crippen LogP) is 4.90. The van der Waals surface area contributed by atoms with Crippen LogP contribution < -0.4 is 0 Å². The topological polar surface area (TPSA) is 88.4 Å². The van der Waals surface area contributed by atoms with Gasteiger partial charge >= 0.3 is 5.97 Å². The summed E-state index contributed by atoms with van der Waals surface area (Å²) in [5, 5.41) is 14.7. The van der Waals surface area contributed by atoms with E-state index in [2.05, 4.69) is 18.2 Å². The van der Waals surface area contributed by atoms with E-state index in [1.54, 1.807) is 12.1 Å². The largest absolute Gasteiger partial charge is 0.508 e. The highest BCUT2D eigenvalue weighted by Gasteiger charge is 2.31. The molecule has 1 aromatic carbocycles. The molecule has 4 rings (SSSR count). The van der Waals surface area contributed by atoms with Gasteiger partial charge in [-0.2, -0.15) is 0 Å². The monoisotopic (exact) mass is 480 g/mol. The van der Waals surface area contributed by atoms with Crippen LogP contribution in [0.15, 0.2) is 41.6 Å². The summed E-state index contributed by atoms with van der Waals surface area (Å²) in [7, 11) is 0. The second kappa shape index (κ2) is 12.0. The van der Waals surface area contributed by atoms with Gasteiger partial charge in [-0.3, -0.25) is 4.79 Å². The summed E-state index contributed by atoms with van der Waals surface area (Å²) in [4.78, 5) is 33.0. The number of benzene rings is 1. The van der Waals surface area contributed by atoms with Gasteiger partial charge in [-0.1, -0.05) is 30.3 Å². The van der Waals surface area contributed by atoms with Gasteiger partial charge in [0.25, 0.3) is 5.91 Å². The number of hydrogen-bond donors (Lipinski definition) is 1. The molecule has 1 unspecified atom stereocenters. The standard InChI is InChI=1S/C28H36N2O5/c1-20-9-8-13-30(18-20)26(32)19-35-29-23-10-6-4-2-3-5-7-14-34-28(33)27-22(15-23)16-24(31)17-25(27)21-11-12-21/h3,5-6,10,16-17,20-21,31H,2,4,7-9,11-15,18-19H2,1H3/b5-3+,10-6+,29-23-. The predicted molar refractivity (Wildman–Crippen MR) is 135 cm³/mol. The van der Waals surface area contributed by atoms with Crippen molar-refractivity contribution < 1.29 is 24.3 Å². The van der Waals surface area contributed by atoms with Gasteiger partial charge in [0.1, 0.15) is 5.75 Å². The highest BCUT2D eigenvalue weighted by Crippen LogP contribution is 2.44. The van der Waals surface area contributed by atoms with E-state index >= 15 is 0 Å². The van der Waals surface area contributed by atoms with Crippen LogP contribution in [0.4, 0.5) is 0 Å². The van der Waals surface area contributed by atoms with Crippen LogP contribution in [0.5, 0.6) is 5.75 Å². The molecule has 2 fully saturated rings. The molecule has 2 aliphatic heterocycles. The summed E-state index contributed by atoms with van der Waals surface area (Å²) in [6.45, 7) is 3.87. The van der Waals surface area contributed by atoms with E-state index in [0.717, 1.165) is 57.2 Å². The van der Waals surface area contributed by atoms with Crippen LogP contribution in [0.1, 0.15) is 79.3 Å². The maximum atomic E-state index is 13.1. The summed E-state index contributed by atoms with van der Waals surface area (Å²) in [5.74, 6) is 0.458. The smallest absolute Gasteiger partial charge is 0.338 e. The number of carbonyl (C=O) groups excluding carboxylic acids is 2. The minimum absolute atomic E-state index is 0.0615. The van der Waals surface area contributed by atoms with E-state index in [1.165, 1.54) is 0 Å². The Hall–Kier alpha value is -3.09. The fourth-order valence-electron chi connectivity index (χ4n) is 4.75. The highest BCUT2D eigenvalue weighted by atomic mass is 16.6. The Morgan fingerprint density at radius 3 is 2.77 bits per heavy atom. The summed E-state index contributed by atoms with van der Waals surface area (Å²) < 4.78 is 5.58. The van der Waals surface area contributed by atoms with Crippen LogP contribution in [0.3, 0.4) is 0 Å². The Labute approximate surface area is 207 Å². The van der Waals surface area contributed by atoms with Crippen LogP contribution in [0.25, 0.3) is 0 Å². The van der Waals surface area contributed by atoms with Crippen LogP contribution in [-0.2, 0) is 20.8 Å². The molecule has 188 valence electrons. The van der Waals surface area contributed by atoms with E-state index in [9.17, 15) is 14.7 Å². The van der Waals surface area contributed by atoms with Crippen molar-refractivity contribution in [3.8, 4) is 5.75 Å². The van der Waals surface area contributed by atoms with Crippen LogP contribution in [0, 0.1) is 5.92 Å². The van der Waals surface area contributed by atoms with Gasteiger partial charge in [-0.25, -0.2) is 4.79 Å². The Bertz CT molecular complexity index is 1010. The first-order valence-corrected chi connectivity index (χ1v) is 12.8. The number of cyclic esters (lactones) is 1. The molecule has 0 radical (unpaired) electrons. The molecule has 0 aromatic heterocycles. The number of piperidine rings is 1. The molecule has 1 aromatic rings. The van der Waals surface area contributed by atoms with E-state index in [0.29, 0.717) is 42.2 Å². The van der Waals surface area contributed by atoms with Crippen LogP contribution in [-0.4, -0.2) is 53.9 Å². The molecule has 0 spiro atoms. The lowest BCUT2D eigenvalue weighted by Gasteiger charge is -2.30. The molecule has 2 heterocycles. The first-order chi connectivity index (χ1) is 17.0. The molecule has 1 saturated heterocycles. The molecule has 1 saturated carbocycles. The maximum Gasteiger partial charge on any atom is 0.338 e. The first kappa shape index (κ1) is 25.0. The van der Waals surface area contributed by atoms with Crippen molar-refractivity contribution in [1.82, 2.24) is 4.90 Å². The van der Waals surface area contributed by atoms with Crippen molar-refractivity contribution in [3.63, 3.8) is 0 Å². The first-order valence-electron chi connectivity index (χ1n) is 12.8. The Morgan fingerprint density at radius 2 is 1.97 bits per heavy atom. The molecule has 0 bridgehead atoms. The third-order valence-electron chi connectivity index (χ3n) is 6.70. The van der Waals surface area contributed by atoms with Crippen LogP contribution in [0.2, 0.25) is 0 Å². The van der Waals surface area contributed by atoms with Gasteiger partial charge in [0, 0.05) is 19.5 Å². The minimum atomic E-state index is -0.369. The van der Waals surface area contributed by atoms with Gasteiger partial charge in [-0.15, -0.1) is 0 Å². The summed E-state index contributed by atoms with van der Waals surface area (Å²) in [5.41, 5.74) is 2.61. The van der Waals surface area contributed by atoms with Crippen molar-refractivity contribution in [2.45, 2.75) is 64.2 Å². The number of ether oxygens (including phenoxy) is 1. The number of phenolic OH excluding ortho intramolecular Hbond substituents is 1. The second-order valence-corrected chi connectivity index (χ2v) is 9.84. The van der Waals surface area contributed by atoms with Gasteiger partial charge in [0.2, 0.25) is 0 Å². The third kappa shape index (κ3) is 7.20. The number of fused-ring (bicyclic) bond motifs is 1. The fourth-order valence-corrected chi connectivity index (χ4v) is 4.75. The molecule has 7 nitrogen and oxygen atoms in total. The van der Waals surface area contributed by atoms with E-state index in [1.807, 2.05) is 23.1 Å². The number of esters is 1.